The van der Waals surface area contributed by atoms with Crippen molar-refractivity contribution in [3.8, 4) is 0 Å². The minimum absolute atomic E-state index is 0.0598. The quantitative estimate of drug-likeness (QED) is 0.0234. The zero-order valence-electron chi connectivity index (χ0n) is 44.3. The van der Waals surface area contributed by atoms with Crippen molar-refractivity contribution in [2.75, 3.05) is 19.8 Å². The van der Waals surface area contributed by atoms with Gasteiger partial charge in [-0.2, -0.15) is 4.31 Å². The summed E-state index contributed by atoms with van der Waals surface area (Å²) in [5, 5.41) is 53.9. The third-order valence-electron chi connectivity index (χ3n) is 11.3. The van der Waals surface area contributed by atoms with Gasteiger partial charge in [-0.05, 0) is 113 Å². The molecule has 0 bridgehead atoms. The first-order valence-electron chi connectivity index (χ1n) is 24.5. The predicted molar refractivity (Wildman–Crippen MR) is 271 cm³/mol. The number of carbonyl (C=O) groups excluding carboxylic acids is 6. The standard InChI is InChI=1S/C46H79N7O21P2/c1-25(2)14-12-15-26(3)16-13-17-27(4)21-23-70-75(66,67)74-76(68,69)73-46-37(51-32(9)55)39(38(57)35(24-54)72-46)71-31(8)42(60)48-29(6)41(59)53-34(45(64)65)19-20-36(56)52-33(18-10-11-22-47)43(61)49-28(5)40(58)50-30(7)44(62)63/h14,16,21,28-31,33-35,37-39,46,54,57H,10-13,15,17-20,22-24,47H2,1-9H3,(H,48,60)(H,49,61)(H,50,58)(H,51,55)(H,52,56)(H,53,59)(H,62,63)(H,64,65)(H,66,67)(H,68,69)/b26-16+,27-21+/t28-,29+,30-,31-,33+,34-,35-,37-,38-,39-,46-/m1/s1. The third kappa shape index (κ3) is 26.9. The number of hydrogen-bond acceptors (Lipinski definition) is 18. The number of aliphatic hydroxyl groups is 2. The van der Waals surface area contributed by atoms with Gasteiger partial charge in [-0.15, -0.1) is 0 Å². The van der Waals surface area contributed by atoms with Crippen molar-refractivity contribution in [2.24, 2.45) is 5.73 Å². The largest absolute Gasteiger partial charge is 0.483 e. The van der Waals surface area contributed by atoms with E-state index in [0.717, 1.165) is 39.2 Å². The molecule has 0 spiro atoms. The van der Waals surface area contributed by atoms with Crippen LogP contribution in [-0.2, 0) is 70.3 Å². The number of amides is 6. The van der Waals surface area contributed by atoms with E-state index in [1.807, 2.05) is 20.8 Å². The van der Waals surface area contributed by atoms with Crippen molar-refractivity contribution >= 4 is 63.0 Å². The zero-order valence-corrected chi connectivity index (χ0v) is 46.1. The summed E-state index contributed by atoms with van der Waals surface area (Å²) in [5.41, 5.74) is 8.75. The van der Waals surface area contributed by atoms with Crippen molar-refractivity contribution in [3.63, 3.8) is 0 Å². The van der Waals surface area contributed by atoms with Crippen LogP contribution in [0, 0.1) is 0 Å². The number of carboxylic acids is 2. The molecule has 28 nitrogen and oxygen atoms in total. The molecule has 14 N–H and O–H groups in total. The highest BCUT2D eigenvalue weighted by atomic mass is 31.3. The van der Waals surface area contributed by atoms with Gasteiger partial charge < -0.3 is 77.3 Å². The van der Waals surface area contributed by atoms with E-state index in [1.165, 1.54) is 31.1 Å². The molecule has 30 heteroatoms. The molecular formula is C46H79N7O21P2. The Morgan fingerprint density at radius 2 is 1.25 bits per heavy atom. The van der Waals surface area contributed by atoms with Gasteiger partial charge in [0.25, 0.3) is 0 Å². The molecule has 1 fully saturated rings. The van der Waals surface area contributed by atoms with Gasteiger partial charge in [0.2, 0.25) is 35.4 Å². The number of unbranched alkanes of at least 4 members (excludes halogenated alkanes) is 1. The Bertz CT molecular complexity index is 2170. The fourth-order valence-corrected chi connectivity index (χ4v) is 9.05. The molecule has 1 aliphatic rings. The van der Waals surface area contributed by atoms with Crippen LogP contribution in [0.3, 0.4) is 0 Å². The molecule has 1 aliphatic heterocycles. The first-order chi connectivity index (χ1) is 35.3. The molecule has 1 saturated heterocycles. The molecule has 13 atom stereocenters. The topological polar surface area (TPSA) is 436 Å². The van der Waals surface area contributed by atoms with E-state index in [-0.39, 0.29) is 13.0 Å². The van der Waals surface area contributed by atoms with Crippen molar-refractivity contribution in [1.82, 2.24) is 31.9 Å². The lowest BCUT2D eigenvalue weighted by Gasteiger charge is -2.44. The van der Waals surface area contributed by atoms with Gasteiger partial charge in [-0.1, -0.05) is 34.9 Å². The molecule has 76 heavy (non-hydrogen) atoms. The van der Waals surface area contributed by atoms with Gasteiger partial charge in [0, 0.05) is 13.3 Å². The highest BCUT2D eigenvalue weighted by Gasteiger charge is 2.51. The number of ether oxygens (including phenoxy) is 2. The number of aliphatic hydroxyl groups excluding tert-OH is 2. The summed E-state index contributed by atoms with van der Waals surface area (Å²) in [6.07, 6.45) is -0.720. The van der Waals surface area contributed by atoms with Gasteiger partial charge in [0.05, 0.1) is 13.2 Å². The highest BCUT2D eigenvalue weighted by Crippen LogP contribution is 2.61. The van der Waals surface area contributed by atoms with E-state index in [2.05, 4.69) is 48.4 Å². The van der Waals surface area contributed by atoms with Crippen molar-refractivity contribution in [1.29, 1.82) is 0 Å². The maximum absolute atomic E-state index is 13.4. The lowest BCUT2D eigenvalue weighted by atomic mass is 9.96. The number of nitrogens with one attached hydrogen (secondary N) is 6. The lowest BCUT2D eigenvalue weighted by Crippen LogP contribution is -2.66. The molecule has 0 aliphatic carbocycles. The predicted octanol–water partition coefficient (Wildman–Crippen LogP) is 0.575. The molecule has 6 amide bonds. The first-order valence-corrected chi connectivity index (χ1v) is 27.5. The molecule has 0 saturated carbocycles. The second-order valence-electron chi connectivity index (χ2n) is 18.4. The van der Waals surface area contributed by atoms with Gasteiger partial charge in [-0.3, -0.25) is 42.6 Å². The number of allylic oxidation sites excluding steroid dienone is 5. The van der Waals surface area contributed by atoms with Gasteiger partial charge >= 0.3 is 27.6 Å². The normalized spacial score (nSPS) is 21.8. The molecule has 2 unspecified atom stereocenters. The van der Waals surface area contributed by atoms with Crippen molar-refractivity contribution in [3.05, 3.63) is 34.9 Å². The van der Waals surface area contributed by atoms with Crippen LogP contribution in [0.5, 0.6) is 0 Å². The Labute approximate surface area is 441 Å². The lowest BCUT2D eigenvalue weighted by molar-refractivity contribution is -0.261. The summed E-state index contributed by atoms with van der Waals surface area (Å²) in [5.74, 6) is -8.33. The Hall–Kier alpha value is -4.96. The van der Waals surface area contributed by atoms with Crippen LogP contribution < -0.4 is 37.6 Å². The summed E-state index contributed by atoms with van der Waals surface area (Å²) in [4.78, 5) is 122. The zero-order chi connectivity index (χ0) is 58.1. The van der Waals surface area contributed by atoms with Crippen LogP contribution in [0.2, 0.25) is 0 Å². The number of phosphoric ester groups is 2. The molecule has 1 heterocycles. The van der Waals surface area contributed by atoms with E-state index in [1.54, 1.807) is 6.92 Å². The van der Waals surface area contributed by atoms with E-state index in [9.17, 15) is 72.6 Å². The molecule has 0 radical (unpaired) electrons. The Morgan fingerprint density at radius 1 is 0.684 bits per heavy atom. The van der Waals surface area contributed by atoms with Crippen LogP contribution in [0.4, 0.5) is 0 Å². The maximum Gasteiger partial charge on any atom is 0.483 e. The summed E-state index contributed by atoms with van der Waals surface area (Å²) in [6, 6.07) is -8.71. The second-order valence-corrected chi connectivity index (χ2v) is 21.4. The van der Waals surface area contributed by atoms with E-state index >= 15 is 0 Å². The van der Waals surface area contributed by atoms with E-state index in [0.29, 0.717) is 25.7 Å². The van der Waals surface area contributed by atoms with Crippen LogP contribution >= 0.6 is 15.6 Å². The first kappa shape index (κ1) is 69.1. The SMILES string of the molecule is CC(=O)N[C@H]1[C@@H](OP(=O)(O)OP(=O)(O)OC/C=C(\C)CC/C=C(\C)CCC=C(C)C)O[C@H](CO)[C@@H](O)[C@@H]1O[C@H](C)C(=O)N[C@@H](C)C(=O)N[C@H](CCC(=O)N[C@@H](CCCCN)C(=O)N[C@H](C)C(=O)N[C@H](C)C(=O)O)C(=O)O. The minimum atomic E-state index is -5.70. The van der Waals surface area contributed by atoms with Crippen LogP contribution in [0.1, 0.15) is 120 Å². The van der Waals surface area contributed by atoms with Crippen molar-refractivity contribution < 1.29 is 101 Å². The van der Waals surface area contributed by atoms with Crippen molar-refractivity contribution in [2.45, 2.75) is 187 Å². The summed E-state index contributed by atoms with van der Waals surface area (Å²) in [6.45, 7) is 12.3. The smallest absolute Gasteiger partial charge is 0.480 e. The fraction of sp³-hybridized carbons (Fsp3) is 0.696. The minimum Gasteiger partial charge on any atom is -0.480 e. The molecule has 0 aromatic heterocycles. The Balaban J connectivity index is 3.04. The van der Waals surface area contributed by atoms with E-state index in [4.69, 9.17) is 29.4 Å². The summed E-state index contributed by atoms with van der Waals surface area (Å²) < 4.78 is 51.4. The van der Waals surface area contributed by atoms with Gasteiger partial charge in [-0.25, -0.2) is 13.9 Å². The molecule has 0 aromatic carbocycles. The third-order valence-corrected chi connectivity index (χ3v) is 13.9. The Morgan fingerprint density at radius 3 is 1.80 bits per heavy atom. The molecular weight excluding hydrogens is 1050 g/mol. The number of nitrogens with two attached hydrogens (primary N) is 1. The molecule has 0 aromatic rings. The number of aliphatic carboxylic acids is 2. The van der Waals surface area contributed by atoms with Crippen LogP contribution in [0.25, 0.3) is 0 Å². The number of carbonyl (C=O) groups is 8. The van der Waals surface area contributed by atoms with Gasteiger partial charge in [0.15, 0.2) is 6.29 Å². The monoisotopic (exact) mass is 1130 g/mol. The summed E-state index contributed by atoms with van der Waals surface area (Å²) >= 11 is 0. The van der Waals surface area contributed by atoms with Crippen LogP contribution in [-0.4, -0.2) is 164 Å². The van der Waals surface area contributed by atoms with Crippen LogP contribution in [0.15, 0.2) is 34.9 Å². The summed E-state index contributed by atoms with van der Waals surface area (Å²) in [7, 11) is -11.0. The average Bonchev–Trinajstić information content (AvgIpc) is 3.30. The number of rotatable bonds is 35. The fourth-order valence-electron chi connectivity index (χ4n) is 6.96. The second kappa shape index (κ2) is 34.0. The maximum atomic E-state index is 13.4. The highest BCUT2D eigenvalue weighted by molar-refractivity contribution is 7.61. The number of phosphoric acid groups is 2. The average molecular weight is 1130 g/mol. The molecule has 1 rings (SSSR count). The Kier molecular flexibility index (Phi) is 30.9. The van der Waals surface area contributed by atoms with Gasteiger partial charge in [0.1, 0.15) is 60.7 Å². The van der Waals surface area contributed by atoms with E-state index < -0.39 is 156 Å². The number of carboxylic acid groups (broad SMARTS) is 2. The molecule has 434 valence electrons. The number of hydrogen-bond donors (Lipinski definition) is 13.